The van der Waals surface area contributed by atoms with Crippen molar-refractivity contribution in [3.05, 3.63) is 30.1 Å². The van der Waals surface area contributed by atoms with Crippen molar-refractivity contribution < 1.29 is 0 Å². The Kier molecular flexibility index (Phi) is 5.22. The van der Waals surface area contributed by atoms with Crippen LogP contribution in [0, 0.1) is 0 Å². The first-order valence-electron chi connectivity index (χ1n) is 8.44. The number of piperidine rings is 1. The quantitative estimate of drug-likeness (QED) is 0.917. The molecule has 0 aliphatic carbocycles. The number of nitrogens with one attached hydrogen (secondary N) is 1. The van der Waals surface area contributed by atoms with Gasteiger partial charge in [-0.05, 0) is 38.4 Å². The molecule has 0 amide bonds. The first-order valence-corrected chi connectivity index (χ1v) is 8.44. The molecule has 4 nitrogen and oxygen atoms in total. The third-order valence-electron chi connectivity index (χ3n) is 4.92. The Hall–Kier alpha value is -0.970. The number of likely N-dealkylation sites (tertiary alicyclic amines) is 1. The lowest BCUT2D eigenvalue weighted by molar-refractivity contribution is 0.0701. The van der Waals surface area contributed by atoms with Crippen LogP contribution in [-0.2, 0) is 0 Å². The Morgan fingerprint density at radius 2 is 2.10 bits per heavy atom. The van der Waals surface area contributed by atoms with E-state index < -0.39 is 0 Å². The van der Waals surface area contributed by atoms with Gasteiger partial charge in [0.1, 0.15) is 0 Å². The highest BCUT2D eigenvalue weighted by molar-refractivity contribution is 5.10. The molecule has 2 atom stereocenters. The maximum absolute atomic E-state index is 4.67. The molecular formula is C17H28N4. The van der Waals surface area contributed by atoms with E-state index in [1.54, 1.807) is 0 Å². The van der Waals surface area contributed by atoms with Gasteiger partial charge in [0.05, 0.1) is 11.7 Å². The number of aromatic nitrogens is 1. The van der Waals surface area contributed by atoms with Crippen LogP contribution in [0.5, 0.6) is 0 Å². The van der Waals surface area contributed by atoms with Gasteiger partial charge >= 0.3 is 0 Å². The van der Waals surface area contributed by atoms with Crippen molar-refractivity contribution in [1.82, 2.24) is 20.1 Å². The molecule has 2 aliphatic rings. The van der Waals surface area contributed by atoms with Crippen LogP contribution >= 0.6 is 0 Å². The molecule has 21 heavy (non-hydrogen) atoms. The lowest BCUT2D eigenvalue weighted by Gasteiger charge is -2.42. The zero-order valence-corrected chi connectivity index (χ0v) is 13.2. The molecule has 2 aliphatic heterocycles. The maximum atomic E-state index is 4.67. The third kappa shape index (κ3) is 3.82. The number of rotatable bonds is 4. The molecule has 116 valence electrons. The van der Waals surface area contributed by atoms with Crippen molar-refractivity contribution in [3.8, 4) is 0 Å². The Labute approximate surface area is 128 Å². The molecular weight excluding hydrogens is 260 g/mol. The van der Waals surface area contributed by atoms with E-state index in [-0.39, 0.29) is 0 Å². The van der Waals surface area contributed by atoms with E-state index in [1.165, 1.54) is 31.5 Å². The molecule has 2 unspecified atom stereocenters. The zero-order valence-electron chi connectivity index (χ0n) is 13.2. The molecule has 1 N–H and O–H groups in total. The second kappa shape index (κ2) is 7.34. The smallest absolute Gasteiger partial charge is 0.0651 e. The van der Waals surface area contributed by atoms with E-state index in [1.807, 2.05) is 12.3 Å². The predicted molar refractivity (Wildman–Crippen MR) is 86.3 cm³/mol. The molecule has 0 radical (unpaired) electrons. The van der Waals surface area contributed by atoms with Gasteiger partial charge in [-0.1, -0.05) is 12.5 Å². The molecule has 1 aromatic heterocycles. The summed E-state index contributed by atoms with van der Waals surface area (Å²) in [7, 11) is 0. The summed E-state index contributed by atoms with van der Waals surface area (Å²) in [6, 6.07) is 7.47. The summed E-state index contributed by atoms with van der Waals surface area (Å²) < 4.78 is 0. The van der Waals surface area contributed by atoms with Crippen molar-refractivity contribution in [2.45, 2.75) is 38.3 Å². The minimum absolute atomic E-state index is 0.444. The first kappa shape index (κ1) is 14.9. The Bertz CT molecular complexity index is 416. The van der Waals surface area contributed by atoms with Crippen molar-refractivity contribution >= 4 is 0 Å². The predicted octanol–water partition coefficient (Wildman–Crippen LogP) is 1.90. The molecule has 0 spiro atoms. The van der Waals surface area contributed by atoms with Gasteiger partial charge in [0.25, 0.3) is 0 Å². The van der Waals surface area contributed by atoms with Crippen LogP contribution < -0.4 is 5.32 Å². The summed E-state index contributed by atoms with van der Waals surface area (Å²) in [5.74, 6) is 0. The van der Waals surface area contributed by atoms with Crippen LogP contribution in [-0.4, -0.2) is 60.1 Å². The highest BCUT2D eigenvalue weighted by Gasteiger charge is 2.29. The minimum Gasteiger partial charge on any atom is -0.314 e. The molecule has 3 heterocycles. The fraction of sp³-hybridized carbons (Fsp3) is 0.706. The van der Waals surface area contributed by atoms with Gasteiger partial charge in [0.15, 0.2) is 0 Å². The Balaban J connectivity index is 1.76. The molecule has 0 bridgehead atoms. The summed E-state index contributed by atoms with van der Waals surface area (Å²) in [4.78, 5) is 9.95. The van der Waals surface area contributed by atoms with E-state index in [0.29, 0.717) is 12.1 Å². The van der Waals surface area contributed by atoms with E-state index in [4.69, 9.17) is 0 Å². The van der Waals surface area contributed by atoms with Crippen LogP contribution in [0.2, 0.25) is 0 Å². The van der Waals surface area contributed by atoms with Crippen molar-refractivity contribution in [1.29, 1.82) is 0 Å². The summed E-state index contributed by atoms with van der Waals surface area (Å²) in [5, 5.41) is 3.45. The fourth-order valence-corrected chi connectivity index (χ4v) is 3.66. The van der Waals surface area contributed by atoms with Gasteiger partial charge in [-0.2, -0.15) is 0 Å². The number of nitrogens with zero attached hydrogens (tertiary/aromatic N) is 3. The standard InChI is InChI=1S/C17H28N4/c1-15-6-3-5-11-21(15)17(16-7-2-4-8-19-16)14-20-12-9-18-10-13-20/h2,4,7-8,15,17-18H,3,5-6,9-14H2,1H3. The number of hydrogen-bond acceptors (Lipinski definition) is 4. The first-order chi connectivity index (χ1) is 10.3. The lowest BCUT2D eigenvalue weighted by Crippen LogP contribution is -2.49. The molecule has 0 aromatic carbocycles. The number of hydrogen-bond donors (Lipinski definition) is 1. The van der Waals surface area contributed by atoms with E-state index in [9.17, 15) is 0 Å². The summed E-state index contributed by atoms with van der Waals surface area (Å²) >= 11 is 0. The summed E-state index contributed by atoms with van der Waals surface area (Å²) in [6.45, 7) is 9.26. The van der Waals surface area contributed by atoms with Gasteiger partial charge in [-0.15, -0.1) is 0 Å². The lowest BCUT2D eigenvalue weighted by atomic mass is 9.99. The molecule has 4 heteroatoms. The minimum atomic E-state index is 0.444. The van der Waals surface area contributed by atoms with E-state index in [0.717, 1.165) is 32.7 Å². The van der Waals surface area contributed by atoms with Gasteiger partial charge in [0.2, 0.25) is 0 Å². The monoisotopic (exact) mass is 288 g/mol. The molecule has 1 aromatic rings. The van der Waals surface area contributed by atoms with Gasteiger partial charge < -0.3 is 5.32 Å². The number of piperazine rings is 1. The Morgan fingerprint density at radius 3 is 2.81 bits per heavy atom. The zero-order chi connectivity index (χ0) is 14.5. The molecule has 2 fully saturated rings. The van der Waals surface area contributed by atoms with E-state index in [2.05, 4.69) is 39.2 Å². The topological polar surface area (TPSA) is 31.4 Å². The second-order valence-electron chi connectivity index (χ2n) is 6.40. The Morgan fingerprint density at radius 1 is 1.24 bits per heavy atom. The number of pyridine rings is 1. The maximum Gasteiger partial charge on any atom is 0.0651 e. The highest BCUT2D eigenvalue weighted by atomic mass is 15.3. The van der Waals surface area contributed by atoms with Crippen molar-refractivity contribution in [2.75, 3.05) is 39.3 Å². The van der Waals surface area contributed by atoms with Crippen molar-refractivity contribution in [3.63, 3.8) is 0 Å². The van der Waals surface area contributed by atoms with Gasteiger partial charge in [-0.25, -0.2) is 0 Å². The molecule has 0 saturated carbocycles. The van der Waals surface area contributed by atoms with Gasteiger partial charge in [0, 0.05) is 45.0 Å². The normalized spacial score (nSPS) is 26.6. The van der Waals surface area contributed by atoms with E-state index >= 15 is 0 Å². The fourth-order valence-electron chi connectivity index (χ4n) is 3.66. The average molecular weight is 288 g/mol. The second-order valence-corrected chi connectivity index (χ2v) is 6.40. The van der Waals surface area contributed by atoms with Crippen LogP contribution in [0.3, 0.4) is 0 Å². The molecule has 3 rings (SSSR count). The third-order valence-corrected chi connectivity index (χ3v) is 4.92. The van der Waals surface area contributed by atoms with Crippen LogP contribution in [0.25, 0.3) is 0 Å². The highest BCUT2D eigenvalue weighted by Crippen LogP contribution is 2.28. The van der Waals surface area contributed by atoms with Gasteiger partial charge in [-0.3, -0.25) is 14.8 Å². The summed E-state index contributed by atoms with van der Waals surface area (Å²) in [5.41, 5.74) is 1.24. The summed E-state index contributed by atoms with van der Waals surface area (Å²) in [6.07, 6.45) is 5.97. The van der Waals surface area contributed by atoms with Crippen LogP contribution in [0.1, 0.15) is 37.9 Å². The van der Waals surface area contributed by atoms with Crippen molar-refractivity contribution in [2.24, 2.45) is 0 Å². The SMILES string of the molecule is CC1CCCCN1C(CN1CCNCC1)c1ccccn1. The average Bonchev–Trinajstić information content (AvgIpc) is 2.55. The largest absolute Gasteiger partial charge is 0.314 e. The van der Waals surface area contributed by atoms with Crippen LogP contribution in [0.15, 0.2) is 24.4 Å². The van der Waals surface area contributed by atoms with Crippen LogP contribution in [0.4, 0.5) is 0 Å². The molecule has 2 saturated heterocycles.